The van der Waals surface area contributed by atoms with Gasteiger partial charge < -0.3 is 9.73 Å². The van der Waals surface area contributed by atoms with Gasteiger partial charge in [0.2, 0.25) is 0 Å². The number of carbonyl (C=O) groups is 2. The molecule has 0 atom stereocenters. The average Bonchev–Trinajstić information content (AvgIpc) is 2.87. The van der Waals surface area contributed by atoms with Gasteiger partial charge in [0.1, 0.15) is 5.76 Å². The fraction of sp³-hybridized carbons (Fsp3) is 0.0769. The van der Waals surface area contributed by atoms with Crippen LogP contribution in [0.1, 0.15) is 20.9 Å². The molecule has 0 unspecified atom stereocenters. The smallest absolute Gasteiger partial charge is 0.252 e. The Morgan fingerprint density at radius 2 is 2.11 bits per heavy atom. The molecule has 0 saturated carbocycles. The van der Waals surface area contributed by atoms with Crippen LogP contribution in [0.2, 0.25) is 5.02 Å². The zero-order valence-corrected chi connectivity index (χ0v) is 10.3. The molecule has 5 heteroatoms. The SMILES string of the molecule is CNC(=O)c1cc(-c2ccc(C=O)o2)ccc1Cl. The van der Waals surface area contributed by atoms with Crippen molar-refractivity contribution in [3.05, 3.63) is 46.7 Å². The standard InChI is InChI=1S/C13H10ClNO3/c1-15-13(17)10-6-8(2-4-11(10)14)12-5-3-9(7-16)18-12/h2-7H,1H3,(H,15,17). The van der Waals surface area contributed by atoms with Gasteiger partial charge in [0, 0.05) is 12.6 Å². The molecule has 1 N–H and O–H groups in total. The van der Waals surface area contributed by atoms with Crippen molar-refractivity contribution in [2.24, 2.45) is 0 Å². The number of hydrogen-bond acceptors (Lipinski definition) is 3. The number of aldehydes is 1. The predicted octanol–water partition coefficient (Wildman–Crippen LogP) is 2.77. The molecule has 0 aliphatic heterocycles. The van der Waals surface area contributed by atoms with E-state index in [1.165, 1.54) is 7.05 Å². The molecular weight excluding hydrogens is 254 g/mol. The number of carbonyl (C=O) groups excluding carboxylic acids is 2. The highest BCUT2D eigenvalue weighted by Gasteiger charge is 2.12. The average molecular weight is 264 g/mol. The minimum absolute atomic E-state index is 0.237. The number of benzene rings is 1. The highest BCUT2D eigenvalue weighted by molar-refractivity contribution is 6.34. The third-order valence-electron chi connectivity index (χ3n) is 2.47. The Balaban J connectivity index is 2.46. The summed E-state index contributed by atoms with van der Waals surface area (Å²) in [6, 6.07) is 8.19. The second-order valence-electron chi connectivity index (χ2n) is 3.59. The first-order chi connectivity index (χ1) is 8.65. The van der Waals surface area contributed by atoms with E-state index in [0.29, 0.717) is 28.2 Å². The molecule has 18 heavy (non-hydrogen) atoms. The Kier molecular flexibility index (Phi) is 3.48. The quantitative estimate of drug-likeness (QED) is 0.866. The van der Waals surface area contributed by atoms with E-state index in [1.807, 2.05) is 0 Å². The van der Waals surface area contributed by atoms with E-state index in [4.69, 9.17) is 16.0 Å². The van der Waals surface area contributed by atoms with E-state index in [1.54, 1.807) is 30.3 Å². The van der Waals surface area contributed by atoms with Crippen molar-refractivity contribution in [1.29, 1.82) is 0 Å². The summed E-state index contributed by atoms with van der Waals surface area (Å²) in [5.74, 6) is 0.476. The first-order valence-corrected chi connectivity index (χ1v) is 5.60. The van der Waals surface area contributed by atoms with E-state index in [0.717, 1.165) is 0 Å². The van der Waals surface area contributed by atoms with Crippen molar-refractivity contribution < 1.29 is 14.0 Å². The molecule has 0 aliphatic rings. The van der Waals surface area contributed by atoms with Gasteiger partial charge in [-0.05, 0) is 30.3 Å². The highest BCUT2D eigenvalue weighted by atomic mass is 35.5. The van der Waals surface area contributed by atoms with Crippen LogP contribution >= 0.6 is 11.6 Å². The van der Waals surface area contributed by atoms with Gasteiger partial charge >= 0.3 is 0 Å². The molecule has 0 saturated heterocycles. The molecular formula is C13H10ClNO3. The molecule has 2 aromatic rings. The summed E-state index contributed by atoms with van der Waals surface area (Å²) in [5.41, 5.74) is 1.05. The molecule has 1 amide bonds. The van der Waals surface area contributed by atoms with Crippen molar-refractivity contribution in [2.45, 2.75) is 0 Å². The first kappa shape index (κ1) is 12.4. The lowest BCUT2D eigenvalue weighted by Gasteiger charge is -2.04. The molecule has 0 spiro atoms. The number of halogens is 1. The van der Waals surface area contributed by atoms with Crippen LogP contribution in [0, 0.1) is 0 Å². The maximum atomic E-state index is 11.6. The van der Waals surface area contributed by atoms with E-state index >= 15 is 0 Å². The van der Waals surface area contributed by atoms with E-state index < -0.39 is 0 Å². The topological polar surface area (TPSA) is 59.3 Å². The van der Waals surface area contributed by atoms with Crippen molar-refractivity contribution in [1.82, 2.24) is 5.32 Å². The molecule has 1 aromatic carbocycles. The van der Waals surface area contributed by atoms with Gasteiger partial charge in [0.15, 0.2) is 12.0 Å². The van der Waals surface area contributed by atoms with Gasteiger partial charge in [-0.2, -0.15) is 0 Å². The summed E-state index contributed by atoms with van der Waals surface area (Å²) in [4.78, 5) is 22.1. The third kappa shape index (κ3) is 2.28. The second-order valence-corrected chi connectivity index (χ2v) is 4.00. The lowest BCUT2D eigenvalue weighted by Crippen LogP contribution is -2.18. The number of furan rings is 1. The minimum atomic E-state index is -0.274. The summed E-state index contributed by atoms with van der Waals surface area (Å²) in [7, 11) is 1.53. The molecule has 1 heterocycles. The third-order valence-corrected chi connectivity index (χ3v) is 2.80. The summed E-state index contributed by atoms with van der Waals surface area (Å²) >= 11 is 5.94. The Bertz CT molecular complexity index is 604. The summed E-state index contributed by atoms with van der Waals surface area (Å²) < 4.78 is 5.28. The maximum absolute atomic E-state index is 11.6. The largest absolute Gasteiger partial charge is 0.453 e. The molecule has 2 rings (SSSR count). The van der Waals surface area contributed by atoms with Gasteiger partial charge in [-0.25, -0.2) is 0 Å². The number of amides is 1. The molecule has 1 aromatic heterocycles. The second kappa shape index (κ2) is 5.06. The highest BCUT2D eigenvalue weighted by Crippen LogP contribution is 2.26. The Morgan fingerprint density at radius 1 is 1.33 bits per heavy atom. The zero-order chi connectivity index (χ0) is 13.1. The van der Waals surface area contributed by atoms with Crippen LogP contribution in [-0.4, -0.2) is 19.2 Å². The van der Waals surface area contributed by atoms with Gasteiger partial charge in [0.25, 0.3) is 5.91 Å². The Hall–Kier alpha value is -2.07. The molecule has 92 valence electrons. The summed E-state index contributed by atoms with van der Waals surface area (Å²) in [6.07, 6.45) is 0.624. The number of nitrogens with one attached hydrogen (secondary N) is 1. The zero-order valence-electron chi connectivity index (χ0n) is 9.57. The molecule has 0 bridgehead atoms. The van der Waals surface area contributed by atoms with Crippen molar-refractivity contribution in [3.8, 4) is 11.3 Å². The lowest BCUT2D eigenvalue weighted by molar-refractivity contribution is 0.0963. The van der Waals surface area contributed by atoms with Crippen LogP contribution < -0.4 is 5.32 Å². The summed E-state index contributed by atoms with van der Waals surface area (Å²) in [6.45, 7) is 0. The molecule has 0 aliphatic carbocycles. The van der Waals surface area contributed by atoms with Gasteiger partial charge in [-0.1, -0.05) is 11.6 Å². The van der Waals surface area contributed by atoms with Crippen LogP contribution in [0.15, 0.2) is 34.7 Å². The van der Waals surface area contributed by atoms with E-state index in [9.17, 15) is 9.59 Å². The fourth-order valence-corrected chi connectivity index (χ4v) is 1.76. The minimum Gasteiger partial charge on any atom is -0.453 e. The van der Waals surface area contributed by atoms with Crippen LogP contribution in [0.5, 0.6) is 0 Å². The lowest BCUT2D eigenvalue weighted by atomic mass is 10.1. The van der Waals surface area contributed by atoms with Crippen molar-refractivity contribution in [2.75, 3.05) is 7.05 Å². The molecule has 4 nitrogen and oxygen atoms in total. The van der Waals surface area contributed by atoms with E-state index in [-0.39, 0.29) is 11.7 Å². The van der Waals surface area contributed by atoms with Crippen LogP contribution in [-0.2, 0) is 0 Å². The van der Waals surface area contributed by atoms with Gasteiger partial charge in [0.05, 0.1) is 10.6 Å². The molecule has 0 fully saturated rings. The van der Waals surface area contributed by atoms with E-state index in [2.05, 4.69) is 5.32 Å². The Morgan fingerprint density at radius 3 is 2.72 bits per heavy atom. The maximum Gasteiger partial charge on any atom is 0.252 e. The van der Waals surface area contributed by atoms with Crippen LogP contribution in [0.3, 0.4) is 0 Å². The van der Waals surface area contributed by atoms with Crippen molar-refractivity contribution in [3.63, 3.8) is 0 Å². The fourth-order valence-electron chi connectivity index (χ4n) is 1.56. The normalized spacial score (nSPS) is 10.1. The van der Waals surface area contributed by atoms with Crippen LogP contribution in [0.25, 0.3) is 11.3 Å². The Labute approximate surface area is 109 Å². The summed E-state index contributed by atoms with van der Waals surface area (Å²) in [5, 5.41) is 2.87. The van der Waals surface area contributed by atoms with Crippen LogP contribution in [0.4, 0.5) is 0 Å². The van der Waals surface area contributed by atoms with Gasteiger partial charge in [-0.15, -0.1) is 0 Å². The number of rotatable bonds is 3. The number of hydrogen-bond donors (Lipinski definition) is 1. The first-order valence-electron chi connectivity index (χ1n) is 5.22. The molecule has 0 radical (unpaired) electrons. The van der Waals surface area contributed by atoms with Crippen molar-refractivity contribution >= 4 is 23.8 Å². The van der Waals surface area contributed by atoms with Gasteiger partial charge in [-0.3, -0.25) is 9.59 Å². The monoisotopic (exact) mass is 263 g/mol. The predicted molar refractivity (Wildman–Crippen MR) is 67.9 cm³/mol.